The van der Waals surface area contributed by atoms with Gasteiger partial charge in [0.15, 0.2) is 0 Å². The minimum absolute atomic E-state index is 0.0899. The summed E-state index contributed by atoms with van der Waals surface area (Å²) in [5.41, 5.74) is 0. The number of ether oxygens (including phenoxy) is 2. The molecule has 1 N–H and O–H groups in total. The molecule has 0 radical (unpaired) electrons. The highest BCUT2D eigenvalue weighted by atomic mass is 31.2. The quantitative estimate of drug-likeness (QED) is 0.0241. The van der Waals surface area contributed by atoms with Crippen molar-refractivity contribution in [2.45, 2.75) is 161 Å². The van der Waals surface area contributed by atoms with E-state index in [0.29, 0.717) is 24.1 Å². The van der Waals surface area contributed by atoms with Crippen molar-refractivity contribution < 1.29 is 37.3 Å². The normalized spacial score (nSPS) is 14.2. The maximum absolute atomic E-state index is 12.5. The topological polar surface area (TPSA) is 91.3 Å². The van der Waals surface area contributed by atoms with E-state index in [9.17, 15) is 14.3 Å². The predicted octanol–water partition coefficient (Wildman–Crippen LogP) is 9.93. The zero-order chi connectivity index (χ0) is 33.5. The average Bonchev–Trinajstić information content (AvgIpc) is 2.98. The number of likely N-dealkylation sites (N-methyl/N-ethyl adjacent to an activating group) is 1. The molecule has 0 spiro atoms. The first-order chi connectivity index (χ1) is 21.6. The maximum Gasteiger partial charge on any atom is 0.472 e. The summed E-state index contributed by atoms with van der Waals surface area (Å²) in [6, 6.07) is 0. The Labute approximate surface area is 278 Å². The molecule has 45 heavy (non-hydrogen) atoms. The SMILES string of the molecule is CCCCCC/C=C\CCCCCCCCOCC(COP(=O)(O)OCC[N+](C)(C)C)OC(=O)CCCCCCCCCCC. The summed E-state index contributed by atoms with van der Waals surface area (Å²) in [6.07, 6.45) is 29.5. The lowest BCUT2D eigenvalue weighted by atomic mass is 10.1. The Balaban J connectivity index is 4.29. The molecule has 0 amide bonds. The van der Waals surface area contributed by atoms with Crippen molar-refractivity contribution in [3.8, 4) is 0 Å². The summed E-state index contributed by atoms with van der Waals surface area (Å²) >= 11 is 0. The number of carbonyl (C=O) groups excluding carboxylic acids is 1. The number of nitrogens with zero attached hydrogens (tertiary/aromatic N) is 1. The first kappa shape index (κ1) is 44.2. The highest BCUT2D eigenvalue weighted by Crippen LogP contribution is 2.43. The Bertz CT molecular complexity index is 741. The van der Waals surface area contributed by atoms with E-state index in [4.69, 9.17) is 18.5 Å². The van der Waals surface area contributed by atoms with Crippen molar-refractivity contribution in [3.05, 3.63) is 12.2 Å². The summed E-state index contributed by atoms with van der Waals surface area (Å²) in [4.78, 5) is 22.7. The predicted molar refractivity (Wildman–Crippen MR) is 187 cm³/mol. The van der Waals surface area contributed by atoms with Gasteiger partial charge in [0.1, 0.15) is 19.3 Å². The van der Waals surface area contributed by atoms with Crippen molar-refractivity contribution in [2.75, 3.05) is 54.1 Å². The number of hydrogen-bond acceptors (Lipinski definition) is 6. The second-order valence-electron chi connectivity index (χ2n) is 13.6. The van der Waals surface area contributed by atoms with Crippen LogP contribution in [0.2, 0.25) is 0 Å². The van der Waals surface area contributed by atoms with Crippen LogP contribution < -0.4 is 0 Å². The van der Waals surface area contributed by atoms with Gasteiger partial charge in [-0.15, -0.1) is 0 Å². The van der Waals surface area contributed by atoms with E-state index in [2.05, 4.69) is 26.0 Å². The van der Waals surface area contributed by atoms with Crippen molar-refractivity contribution in [3.63, 3.8) is 0 Å². The van der Waals surface area contributed by atoms with Crippen LogP contribution in [0.3, 0.4) is 0 Å². The fourth-order valence-corrected chi connectivity index (χ4v) is 5.64. The molecule has 268 valence electrons. The second-order valence-corrected chi connectivity index (χ2v) is 15.1. The van der Waals surface area contributed by atoms with E-state index in [1.165, 1.54) is 103 Å². The van der Waals surface area contributed by atoms with Crippen molar-refractivity contribution in [1.29, 1.82) is 0 Å². The molecule has 0 bridgehead atoms. The molecular weight excluding hydrogens is 589 g/mol. The van der Waals surface area contributed by atoms with Gasteiger partial charge in [0.25, 0.3) is 0 Å². The molecule has 2 atom stereocenters. The number of unbranched alkanes of at least 4 members (excludes halogenated alkanes) is 18. The van der Waals surface area contributed by atoms with E-state index in [0.717, 1.165) is 32.1 Å². The number of hydrogen-bond donors (Lipinski definition) is 1. The molecule has 0 saturated carbocycles. The lowest BCUT2D eigenvalue weighted by Crippen LogP contribution is -2.37. The van der Waals surface area contributed by atoms with E-state index >= 15 is 0 Å². The van der Waals surface area contributed by atoms with Gasteiger partial charge >= 0.3 is 13.8 Å². The largest absolute Gasteiger partial charge is 0.472 e. The molecule has 0 saturated heterocycles. The summed E-state index contributed by atoms with van der Waals surface area (Å²) < 4.78 is 34.7. The van der Waals surface area contributed by atoms with Crippen LogP contribution in [0.4, 0.5) is 0 Å². The van der Waals surface area contributed by atoms with Gasteiger partial charge < -0.3 is 18.9 Å². The van der Waals surface area contributed by atoms with Crippen LogP contribution in [0.15, 0.2) is 12.2 Å². The Hall–Kier alpha value is -0.760. The maximum atomic E-state index is 12.5. The molecule has 0 aromatic rings. The molecule has 9 heteroatoms. The lowest BCUT2D eigenvalue weighted by Gasteiger charge is -2.24. The zero-order valence-electron chi connectivity index (χ0n) is 30.1. The Morgan fingerprint density at radius 2 is 1.16 bits per heavy atom. The number of phosphoric ester groups is 1. The number of allylic oxidation sites excluding steroid dienone is 2. The van der Waals surface area contributed by atoms with Crippen molar-refractivity contribution in [1.82, 2.24) is 0 Å². The van der Waals surface area contributed by atoms with Gasteiger partial charge in [-0.1, -0.05) is 122 Å². The molecule has 0 heterocycles. The molecule has 0 fully saturated rings. The minimum Gasteiger partial charge on any atom is -0.457 e. The van der Waals surface area contributed by atoms with Crippen LogP contribution in [0.1, 0.15) is 155 Å². The van der Waals surface area contributed by atoms with E-state index in [1.807, 2.05) is 21.1 Å². The summed E-state index contributed by atoms with van der Waals surface area (Å²) in [5.74, 6) is -0.319. The fraction of sp³-hybridized carbons (Fsp3) is 0.917. The van der Waals surface area contributed by atoms with E-state index in [-0.39, 0.29) is 25.8 Å². The molecular formula is C36H73NO7P+. The van der Waals surface area contributed by atoms with Crippen LogP contribution in [0.25, 0.3) is 0 Å². The third-order valence-corrected chi connectivity index (χ3v) is 8.81. The fourth-order valence-electron chi connectivity index (χ4n) is 4.90. The van der Waals surface area contributed by atoms with Gasteiger partial charge in [-0.05, 0) is 38.5 Å². The number of esters is 1. The summed E-state index contributed by atoms with van der Waals surface area (Å²) in [6.45, 7) is 5.58. The third-order valence-electron chi connectivity index (χ3n) is 7.83. The number of rotatable bonds is 34. The number of carbonyl (C=O) groups is 1. The minimum atomic E-state index is -4.26. The van der Waals surface area contributed by atoms with Gasteiger partial charge in [-0.3, -0.25) is 13.8 Å². The zero-order valence-corrected chi connectivity index (χ0v) is 31.0. The Kier molecular flexibility index (Phi) is 30.0. The van der Waals surface area contributed by atoms with Crippen LogP contribution >= 0.6 is 7.82 Å². The summed E-state index contributed by atoms with van der Waals surface area (Å²) in [5, 5.41) is 0. The molecule has 0 aliphatic rings. The molecule has 8 nitrogen and oxygen atoms in total. The van der Waals surface area contributed by atoms with Crippen LogP contribution in [0, 0.1) is 0 Å². The van der Waals surface area contributed by atoms with Crippen LogP contribution in [-0.2, 0) is 27.9 Å². The molecule has 0 aliphatic heterocycles. The standard InChI is InChI=1S/C36H72NO7P/c1-6-8-10-12-14-16-17-18-19-20-22-24-26-28-31-41-33-35(34-43-45(39,40)42-32-30-37(3,4)5)44-36(38)29-27-25-23-21-15-13-11-9-7-2/h16-17,35H,6-15,18-34H2,1-5H3/p+1/b17-16-. The Morgan fingerprint density at radius 1 is 0.667 bits per heavy atom. The monoisotopic (exact) mass is 663 g/mol. The summed E-state index contributed by atoms with van der Waals surface area (Å²) in [7, 11) is 1.67. The van der Waals surface area contributed by atoms with Crippen LogP contribution in [-0.4, -0.2) is 75.6 Å². The Morgan fingerprint density at radius 3 is 1.71 bits per heavy atom. The highest BCUT2D eigenvalue weighted by Gasteiger charge is 2.26. The van der Waals surface area contributed by atoms with Crippen molar-refractivity contribution in [2.24, 2.45) is 0 Å². The van der Waals surface area contributed by atoms with Gasteiger partial charge in [0.05, 0.1) is 34.4 Å². The van der Waals surface area contributed by atoms with Crippen LogP contribution in [0.5, 0.6) is 0 Å². The first-order valence-electron chi connectivity index (χ1n) is 18.4. The van der Waals surface area contributed by atoms with Gasteiger partial charge in [0.2, 0.25) is 0 Å². The van der Waals surface area contributed by atoms with Crippen molar-refractivity contribution >= 4 is 13.8 Å². The van der Waals surface area contributed by atoms with Gasteiger partial charge in [-0.2, -0.15) is 0 Å². The van der Waals surface area contributed by atoms with Gasteiger partial charge in [0, 0.05) is 13.0 Å². The molecule has 2 unspecified atom stereocenters. The molecule has 0 aromatic carbocycles. The smallest absolute Gasteiger partial charge is 0.457 e. The first-order valence-corrected chi connectivity index (χ1v) is 19.9. The molecule has 0 aromatic heterocycles. The second kappa shape index (κ2) is 30.6. The third kappa shape index (κ3) is 34.4. The highest BCUT2D eigenvalue weighted by molar-refractivity contribution is 7.47. The van der Waals surface area contributed by atoms with E-state index in [1.54, 1.807) is 0 Å². The molecule has 0 rings (SSSR count). The lowest BCUT2D eigenvalue weighted by molar-refractivity contribution is -0.870. The molecule has 0 aliphatic carbocycles. The number of phosphoric acid groups is 1. The number of quaternary nitrogens is 1. The average molecular weight is 663 g/mol. The van der Waals surface area contributed by atoms with Gasteiger partial charge in [-0.25, -0.2) is 4.57 Å². The van der Waals surface area contributed by atoms with E-state index < -0.39 is 13.9 Å².